The quantitative estimate of drug-likeness (QED) is 0.689. The average molecular weight is 196 g/mol. The number of rotatable bonds is 1. The molecule has 0 unspecified atom stereocenters. The van der Waals surface area contributed by atoms with Gasteiger partial charge in [-0.25, -0.2) is 0 Å². The molecule has 0 aliphatic heterocycles. The van der Waals surface area contributed by atoms with Crippen LogP contribution in [0.15, 0.2) is 36.5 Å². The molecule has 0 radical (unpaired) electrons. The van der Waals surface area contributed by atoms with Crippen LogP contribution in [0.2, 0.25) is 0 Å². The van der Waals surface area contributed by atoms with E-state index in [0.717, 1.165) is 5.69 Å². The maximum absolute atomic E-state index is 8.92. The standard InChI is InChI=1S/C13H12N2/c1-10-5-6-12(8-11(10)2)15-7-3-4-13(15)9-14/h3-8H,1-2H3. The molecule has 0 N–H and O–H groups in total. The molecule has 0 atom stereocenters. The fourth-order valence-corrected chi connectivity index (χ4v) is 1.57. The van der Waals surface area contributed by atoms with E-state index in [0.29, 0.717) is 5.69 Å². The highest BCUT2D eigenvalue weighted by Gasteiger charge is 2.02. The van der Waals surface area contributed by atoms with Crippen LogP contribution in [0.4, 0.5) is 0 Å². The summed E-state index contributed by atoms with van der Waals surface area (Å²) in [6.45, 7) is 4.16. The number of aryl methyl sites for hydroxylation is 2. The van der Waals surface area contributed by atoms with Gasteiger partial charge in [-0.2, -0.15) is 5.26 Å². The van der Waals surface area contributed by atoms with E-state index in [1.54, 1.807) is 0 Å². The predicted octanol–water partition coefficient (Wildman–Crippen LogP) is 2.97. The molecule has 1 heterocycles. The average Bonchev–Trinajstić information content (AvgIpc) is 2.70. The lowest BCUT2D eigenvalue weighted by atomic mass is 10.1. The van der Waals surface area contributed by atoms with E-state index in [9.17, 15) is 0 Å². The van der Waals surface area contributed by atoms with E-state index in [1.807, 2.05) is 29.0 Å². The van der Waals surface area contributed by atoms with Crippen molar-refractivity contribution in [1.29, 1.82) is 5.26 Å². The fourth-order valence-electron chi connectivity index (χ4n) is 1.57. The van der Waals surface area contributed by atoms with Gasteiger partial charge in [-0.15, -0.1) is 0 Å². The molecule has 0 fully saturated rings. The Balaban J connectivity index is 2.56. The number of benzene rings is 1. The van der Waals surface area contributed by atoms with E-state index in [2.05, 4.69) is 32.0 Å². The van der Waals surface area contributed by atoms with Crippen LogP contribution in [0.1, 0.15) is 16.8 Å². The molecule has 0 aliphatic carbocycles. The molecule has 15 heavy (non-hydrogen) atoms. The summed E-state index contributed by atoms with van der Waals surface area (Å²) in [5.74, 6) is 0. The molecule has 0 amide bonds. The van der Waals surface area contributed by atoms with Crippen LogP contribution in [0.3, 0.4) is 0 Å². The molecule has 0 saturated carbocycles. The second-order valence-corrected chi connectivity index (χ2v) is 3.64. The van der Waals surface area contributed by atoms with Gasteiger partial charge in [-0.05, 0) is 49.2 Å². The zero-order chi connectivity index (χ0) is 10.8. The molecular formula is C13H12N2. The number of hydrogen-bond acceptors (Lipinski definition) is 1. The van der Waals surface area contributed by atoms with Crippen LogP contribution in [0, 0.1) is 25.2 Å². The topological polar surface area (TPSA) is 28.7 Å². The Morgan fingerprint density at radius 2 is 1.93 bits per heavy atom. The van der Waals surface area contributed by atoms with Crippen LogP contribution in [-0.2, 0) is 0 Å². The van der Waals surface area contributed by atoms with Crippen molar-refractivity contribution in [3.05, 3.63) is 53.3 Å². The molecule has 0 aliphatic rings. The van der Waals surface area contributed by atoms with Crippen molar-refractivity contribution in [2.75, 3.05) is 0 Å². The smallest absolute Gasteiger partial charge is 0.124 e. The maximum Gasteiger partial charge on any atom is 0.124 e. The predicted molar refractivity (Wildman–Crippen MR) is 60.0 cm³/mol. The molecule has 2 nitrogen and oxygen atoms in total. The second kappa shape index (κ2) is 3.62. The second-order valence-electron chi connectivity index (χ2n) is 3.64. The van der Waals surface area contributed by atoms with Gasteiger partial charge in [0.15, 0.2) is 0 Å². The van der Waals surface area contributed by atoms with Crippen LogP contribution in [0.5, 0.6) is 0 Å². The number of nitrogens with zero attached hydrogens (tertiary/aromatic N) is 2. The minimum absolute atomic E-state index is 0.665. The molecule has 1 aromatic carbocycles. The summed E-state index contributed by atoms with van der Waals surface area (Å²) in [4.78, 5) is 0. The van der Waals surface area contributed by atoms with Gasteiger partial charge in [0.05, 0.1) is 0 Å². The first-order chi connectivity index (χ1) is 7.22. The molecule has 0 spiro atoms. The van der Waals surface area contributed by atoms with Crippen LogP contribution < -0.4 is 0 Å². The Labute approximate surface area is 89.4 Å². The Bertz CT molecular complexity index is 530. The third-order valence-corrected chi connectivity index (χ3v) is 2.63. The first-order valence-electron chi connectivity index (χ1n) is 4.87. The van der Waals surface area contributed by atoms with E-state index in [1.165, 1.54) is 11.1 Å². The summed E-state index contributed by atoms with van der Waals surface area (Å²) in [5.41, 5.74) is 4.22. The van der Waals surface area contributed by atoms with E-state index < -0.39 is 0 Å². The summed E-state index contributed by atoms with van der Waals surface area (Å²) in [6.07, 6.45) is 1.91. The minimum Gasteiger partial charge on any atom is -0.308 e. The van der Waals surface area contributed by atoms with Gasteiger partial charge >= 0.3 is 0 Å². The van der Waals surface area contributed by atoms with Gasteiger partial charge in [0.1, 0.15) is 11.8 Å². The number of aromatic nitrogens is 1. The van der Waals surface area contributed by atoms with Crippen molar-refractivity contribution >= 4 is 0 Å². The minimum atomic E-state index is 0.665. The Morgan fingerprint density at radius 3 is 2.60 bits per heavy atom. The zero-order valence-corrected chi connectivity index (χ0v) is 8.86. The molecule has 74 valence electrons. The molecule has 0 saturated heterocycles. The van der Waals surface area contributed by atoms with Crippen molar-refractivity contribution in [2.45, 2.75) is 13.8 Å². The molecule has 2 rings (SSSR count). The largest absolute Gasteiger partial charge is 0.308 e. The lowest BCUT2D eigenvalue weighted by Crippen LogP contribution is -1.96. The Morgan fingerprint density at radius 1 is 1.13 bits per heavy atom. The highest BCUT2D eigenvalue weighted by atomic mass is 15.0. The first kappa shape index (κ1) is 9.54. The lowest BCUT2D eigenvalue weighted by Gasteiger charge is -2.07. The molecule has 2 heteroatoms. The van der Waals surface area contributed by atoms with Crippen LogP contribution in [-0.4, -0.2) is 4.57 Å². The van der Waals surface area contributed by atoms with Gasteiger partial charge in [0, 0.05) is 11.9 Å². The number of hydrogen-bond donors (Lipinski definition) is 0. The van der Waals surface area contributed by atoms with E-state index >= 15 is 0 Å². The number of nitriles is 1. The summed E-state index contributed by atoms with van der Waals surface area (Å²) >= 11 is 0. The van der Waals surface area contributed by atoms with Crippen molar-refractivity contribution in [1.82, 2.24) is 4.57 Å². The van der Waals surface area contributed by atoms with Crippen molar-refractivity contribution in [3.8, 4) is 11.8 Å². The summed E-state index contributed by atoms with van der Waals surface area (Å²) in [5, 5.41) is 8.92. The van der Waals surface area contributed by atoms with Gasteiger partial charge in [0.2, 0.25) is 0 Å². The summed E-state index contributed by atoms with van der Waals surface area (Å²) in [6, 6.07) is 12.1. The zero-order valence-electron chi connectivity index (χ0n) is 8.86. The third kappa shape index (κ3) is 1.64. The third-order valence-electron chi connectivity index (χ3n) is 2.63. The summed E-state index contributed by atoms with van der Waals surface area (Å²) < 4.78 is 1.90. The highest BCUT2D eigenvalue weighted by molar-refractivity contribution is 5.43. The molecule has 2 aromatic rings. The summed E-state index contributed by atoms with van der Waals surface area (Å²) in [7, 11) is 0. The van der Waals surface area contributed by atoms with Gasteiger partial charge in [-0.1, -0.05) is 6.07 Å². The van der Waals surface area contributed by atoms with Crippen molar-refractivity contribution in [2.24, 2.45) is 0 Å². The lowest BCUT2D eigenvalue weighted by molar-refractivity contribution is 1.04. The van der Waals surface area contributed by atoms with Crippen LogP contribution >= 0.6 is 0 Å². The van der Waals surface area contributed by atoms with Crippen LogP contribution in [0.25, 0.3) is 5.69 Å². The normalized spacial score (nSPS) is 9.93. The highest BCUT2D eigenvalue weighted by Crippen LogP contribution is 2.16. The maximum atomic E-state index is 8.92. The first-order valence-corrected chi connectivity index (χ1v) is 4.87. The van der Waals surface area contributed by atoms with E-state index in [4.69, 9.17) is 5.26 Å². The SMILES string of the molecule is Cc1ccc(-n2cccc2C#N)cc1C. The van der Waals surface area contributed by atoms with Crippen molar-refractivity contribution in [3.63, 3.8) is 0 Å². The van der Waals surface area contributed by atoms with E-state index in [-0.39, 0.29) is 0 Å². The monoisotopic (exact) mass is 196 g/mol. The van der Waals surface area contributed by atoms with Crippen molar-refractivity contribution < 1.29 is 0 Å². The fraction of sp³-hybridized carbons (Fsp3) is 0.154. The van der Waals surface area contributed by atoms with Gasteiger partial charge in [-0.3, -0.25) is 0 Å². The Kier molecular flexibility index (Phi) is 2.31. The molecule has 1 aromatic heterocycles. The van der Waals surface area contributed by atoms with Gasteiger partial charge < -0.3 is 4.57 Å². The molecular weight excluding hydrogens is 184 g/mol. The molecule has 0 bridgehead atoms. The Hall–Kier alpha value is -2.01. The van der Waals surface area contributed by atoms with Gasteiger partial charge in [0.25, 0.3) is 0 Å².